The summed E-state index contributed by atoms with van der Waals surface area (Å²) in [5, 5.41) is 11.7. The van der Waals surface area contributed by atoms with Crippen LogP contribution in [0.15, 0.2) is 103 Å². The van der Waals surface area contributed by atoms with Crippen LogP contribution in [0.25, 0.3) is 32.3 Å². The minimum Gasteiger partial charge on any atom is -0.226 e. The first-order valence-corrected chi connectivity index (χ1v) is 8.97. The quantitative estimate of drug-likeness (QED) is 0.296. The van der Waals surface area contributed by atoms with Gasteiger partial charge in [0.1, 0.15) is 0 Å². The number of nitrogens with zero attached hydrogens (tertiary/aromatic N) is 2. The molecule has 0 aromatic heterocycles. The monoisotopic (exact) mass is 356 g/mol. The maximum atomic E-state index is 9.60. The van der Waals surface area contributed by atoms with Crippen molar-refractivity contribution in [2.75, 3.05) is 0 Å². The van der Waals surface area contributed by atoms with Crippen LogP contribution in [0.5, 0.6) is 0 Å². The molecule has 4 aromatic rings. The summed E-state index contributed by atoms with van der Waals surface area (Å²) in [6, 6.07) is 34.3. The molecule has 0 N–H and O–H groups in total. The summed E-state index contributed by atoms with van der Waals surface area (Å²) in [5.74, 6) is 0. The second-order valence-electron chi connectivity index (χ2n) is 6.42. The summed E-state index contributed by atoms with van der Waals surface area (Å²) in [7, 11) is 0. The molecule has 0 heterocycles. The van der Waals surface area contributed by atoms with Crippen LogP contribution >= 0.6 is 0 Å². The van der Waals surface area contributed by atoms with Gasteiger partial charge in [-0.05, 0) is 33.0 Å². The minimum atomic E-state index is 0.101. The summed E-state index contributed by atoms with van der Waals surface area (Å²) >= 11 is 0. The van der Waals surface area contributed by atoms with Crippen LogP contribution in [-0.4, -0.2) is 0 Å². The van der Waals surface area contributed by atoms with Gasteiger partial charge in [-0.1, -0.05) is 97.1 Å². The lowest BCUT2D eigenvalue weighted by atomic mass is 9.91. The van der Waals surface area contributed by atoms with Crippen molar-refractivity contribution in [2.45, 2.75) is 0 Å². The highest BCUT2D eigenvalue weighted by Gasteiger charge is 2.15. The van der Waals surface area contributed by atoms with Crippen LogP contribution in [0.4, 0.5) is 0 Å². The van der Waals surface area contributed by atoms with E-state index in [1.807, 2.05) is 84.9 Å². The Morgan fingerprint density at radius 2 is 1.36 bits per heavy atom. The number of hydrogen-bond acceptors (Lipinski definition) is 1. The van der Waals surface area contributed by atoms with Gasteiger partial charge in [0, 0.05) is 5.57 Å². The molecule has 0 radical (unpaired) electrons. The Bertz CT molecular complexity index is 1230. The fourth-order valence-corrected chi connectivity index (χ4v) is 3.46. The molecule has 2 heteroatoms. The standard InChI is InChI=1S/C26H16N2/c1-28-25(18-27)26(24-13-7-11-21-10-5-6-12-23(21)24)22-16-14-20(15-17-22)19-8-3-2-4-9-19/h2-17H/b26-25-. The van der Waals surface area contributed by atoms with Crippen molar-refractivity contribution in [3.63, 3.8) is 0 Å². The molecule has 0 aliphatic heterocycles. The topological polar surface area (TPSA) is 28.1 Å². The molecule has 0 saturated carbocycles. The van der Waals surface area contributed by atoms with Crippen molar-refractivity contribution < 1.29 is 0 Å². The van der Waals surface area contributed by atoms with Crippen molar-refractivity contribution in [3.8, 4) is 17.2 Å². The van der Waals surface area contributed by atoms with E-state index in [1.54, 1.807) is 0 Å². The number of benzene rings is 4. The van der Waals surface area contributed by atoms with Gasteiger partial charge < -0.3 is 0 Å². The fraction of sp³-hybridized carbons (Fsp3) is 0. The highest BCUT2D eigenvalue weighted by molar-refractivity contribution is 5.99. The average molecular weight is 356 g/mol. The van der Waals surface area contributed by atoms with Gasteiger partial charge in [-0.2, -0.15) is 0 Å². The predicted octanol–water partition coefficient (Wildman–Crippen LogP) is 6.71. The third-order valence-corrected chi connectivity index (χ3v) is 4.79. The summed E-state index contributed by atoms with van der Waals surface area (Å²) in [4.78, 5) is 3.52. The van der Waals surface area contributed by atoms with Gasteiger partial charge >= 0.3 is 0 Å². The number of hydrogen-bond donors (Lipinski definition) is 0. The van der Waals surface area contributed by atoms with Crippen molar-refractivity contribution in [2.24, 2.45) is 0 Å². The molecule has 0 atom stereocenters. The van der Waals surface area contributed by atoms with E-state index in [2.05, 4.69) is 23.0 Å². The molecule has 0 aliphatic rings. The zero-order valence-corrected chi connectivity index (χ0v) is 15.1. The van der Waals surface area contributed by atoms with Gasteiger partial charge in [0.25, 0.3) is 5.70 Å². The SMILES string of the molecule is [C-]#[N+]/C(C#N)=C(/c1ccc(-c2ccccc2)cc1)c1cccc2ccccc12. The highest BCUT2D eigenvalue weighted by Crippen LogP contribution is 2.34. The van der Waals surface area contributed by atoms with Gasteiger partial charge in [-0.15, -0.1) is 0 Å². The summed E-state index contributed by atoms with van der Waals surface area (Å²) < 4.78 is 0. The summed E-state index contributed by atoms with van der Waals surface area (Å²) in [6.45, 7) is 7.52. The van der Waals surface area contributed by atoms with Crippen molar-refractivity contribution in [3.05, 3.63) is 125 Å². The molecule has 4 aromatic carbocycles. The second kappa shape index (κ2) is 7.62. The number of allylic oxidation sites excluding steroid dienone is 1. The molecule has 0 unspecified atom stereocenters. The largest absolute Gasteiger partial charge is 0.270 e. The van der Waals surface area contributed by atoms with Gasteiger partial charge in [0.15, 0.2) is 0 Å². The van der Waals surface area contributed by atoms with E-state index in [4.69, 9.17) is 6.57 Å². The lowest BCUT2D eigenvalue weighted by Gasteiger charge is -2.13. The van der Waals surface area contributed by atoms with E-state index < -0.39 is 0 Å². The van der Waals surface area contributed by atoms with Gasteiger partial charge in [0.05, 0.1) is 12.6 Å². The molecular formula is C26H16N2. The molecule has 0 fully saturated rings. The zero-order chi connectivity index (χ0) is 19.3. The van der Waals surface area contributed by atoms with Crippen LogP contribution in [0.3, 0.4) is 0 Å². The van der Waals surface area contributed by atoms with Crippen LogP contribution in [0.1, 0.15) is 11.1 Å². The Morgan fingerprint density at radius 3 is 2.07 bits per heavy atom. The molecule has 0 spiro atoms. The Hall–Kier alpha value is -4.14. The minimum absolute atomic E-state index is 0.101. The third kappa shape index (κ3) is 3.16. The van der Waals surface area contributed by atoms with Crippen LogP contribution in [-0.2, 0) is 0 Å². The summed E-state index contributed by atoms with van der Waals surface area (Å²) in [6.07, 6.45) is 0. The molecule has 0 aliphatic carbocycles. The first-order chi connectivity index (χ1) is 13.8. The van der Waals surface area contributed by atoms with Crippen molar-refractivity contribution >= 4 is 16.3 Å². The molecule has 0 amide bonds. The lowest BCUT2D eigenvalue weighted by Crippen LogP contribution is -1.93. The molecule has 0 saturated heterocycles. The molecule has 4 rings (SSSR count). The van der Waals surface area contributed by atoms with Crippen LogP contribution in [0.2, 0.25) is 0 Å². The summed E-state index contributed by atoms with van der Waals surface area (Å²) in [5.41, 5.74) is 4.78. The van der Waals surface area contributed by atoms with E-state index >= 15 is 0 Å². The number of rotatable bonds is 3. The normalized spacial score (nSPS) is 11.4. The van der Waals surface area contributed by atoms with Crippen molar-refractivity contribution in [1.82, 2.24) is 0 Å². The smallest absolute Gasteiger partial charge is 0.226 e. The lowest BCUT2D eigenvalue weighted by molar-refractivity contribution is 1.48. The highest BCUT2D eigenvalue weighted by atomic mass is 14.7. The Morgan fingerprint density at radius 1 is 0.714 bits per heavy atom. The van der Waals surface area contributed by atoms with Gasteiger partial charge in [-0.25, -0.2) is 10.1 Å². The first kappa shape index (κ1) is 17.3. The molecule has 0 bridgehead atoms. The molecule has 28 heavy (non-hydrogen) atoms. The number of fused-ring (bicyclic) bond motifs is 1. The Kier molecular flexibility index (Phi) is 4.70. The zero-order valence-electron chi connectivity index (χ0n) is 15.1. The van der Waals surface area contributed by atoms with E-state index in [0.717, 1.165) is 33.0 Å². The van der Waals surface area contributed by atoms with E-state index in [1.165, 1.54) is 0 Å². The molecular weight excluding hydrogens is 340 g/mol. The molecule has 130 valence electrons. The number of nitriles is 1. The van der Waals surface area contributed by atoms with Gasteiger partial charge in [-0.3, -0.25) is 0 Å². The molecule has 2 nitrogen and oxygen atoms in total. The maximum absolute atomic E-state index is 9.60. The van der Waals surface area contributed by atoms with Crippen LogP contribution in [0, 0.1) is 17.9 Å². The third-order valence-electron chi connectivity index (χ3n) is 4.79. The Labute approximate surface area is 164 Å². The van der Waals surface area contributed by atoms with Crippen molar-refractivity contribution in [1.29, 1.82) is 5.26 Å². The van der Waals surface area contributed by atoms with E-state index in [-0.39, 0.29) is 5.70 Å². The van der Waals surface area contributed by atoms with Crippen LogP contribution < -0.4 is 0 Å². The van der Waals surface area contributed by atoms with E-state index in [9.17, 15) is 5.26 Å². The maximum Gasteiger partial charge on any atom is 0.270 e. The van der Waals surface area contributed by atoms with E-state index in [0.29, 0.717) is 5.57 Å². The van der Waals surface area contributed by atoms with Gasteiger partial charge in [0.2, 0.25) is 0 Å². The Balaban J connectivity index is 1.91. The fourth-order valence-electron chi connectivity index (χ4n) is 3.46. The second-order valence-corrected chi connectivity index (χ2v) is 6.42. The average Bonchev–Trinajstić information content (AvgIpc) is 2.78. The first-order valence-electron chi connectivity index (χ1n) is 8.97. The predicted molar refractivity (Wildman–Crippen MR) is 114 cm³/mol.